The highest BCUT2D eigenvalue weighted by Crippen LogP contribution is 2.76. The second kappa shape index (κ2) is 12.7. The second-order valence-electron chi connectivity index (χ2n) is 19.3. The van der Waals surface area contributed by atoms with E-state index in [4.69, 9.17) is 16.3 Å². The van der Waals surface area contributed by atoms with Crippen LogP contribution < -0.4 is 5.32 Å². The molecule has 1 amide bonds. The van der Waals surface area contributed by atoms with Crippen molar-refractivity contribution in [2.75, 3.05) is 0 Å². The molecule has 0 spiro atoms. The van der Waals surface area contributed by atoms with Crippen molar-refractivity contribution < 1.29 is 29.0 Å². The van der Waals surface area contributed by atoms with Gasteiger partial charge in [-0.05, 0) is 134 Å². The number of fused-ring (bicyclic) bond motifs is 7. The lowest BCUT2D eigenvalue weighted by atomic mass is 9.33. The van der Waals surface area contributed by atoms with Gasteiger partial charge in [0, 0.05) is 23.4 Å². The molecule has 8 atom stereocenters. The summed E-state index contributed by atoms with van der Waals surface area (Å²) in [7, 11) is 0. The van der Waals surface area contributed by atoms with E-state index >= 15 is 0 Å². The molecule has 6 rings (SSSR count). The highest BCUT2D eigenvalue weighted by atomic mass is 35.5. The fourth-order valence-corrected chi connectivity index (χ4v) is 12.8. The van der Waals surface area contributed by atoms with Crippen molar-refractivity contribution in [2.45, 2.75) is 139 Å². The Balaban J connectivity index is 1.28. The van der Waals surface area contributed by atoms with Crippen LogP contribution in [0.4, 0.5) is 0 Å². The van der Waals surface area contributed by atoms with Gasteiger partial charge in [0.15, 0.2) is 5.78 Å². The van der Waals surface area contributed by atoms with Gasteiger partial charge in [-0.25, -0.2) is 0 Å². The predicted octanol–water partition coefficient (Wildman–Crippen LogP) is 9.35. The molecule has 51 heavy (non-hydrogen) atoms. The fourth-order valence-electron chi connectivity index (χ4n) is 12.7. The van der Waals surface area contributed by atoms with Crippen LogP contribution in [0, 0.1) is 56.2 Å². The number of rotatable bonds is 8. The van der Waals surface area contributed by atoms with E-state index in [1.165, 1.54) is 0 Å². The third-order valence-electron chi connectivity index (χ3n) is 15.6. The van der Waals surface area contributed by atoms with E-state index < -0.39 is 22.8 Å². The summed E-state index contributed by atoms with van der Waals surface area (Å²) >= 11 is 6.11. The number of halogens is 1. The first-order valence-electron chi connectivity index (χ1n) is 19.4. The van der Waals surface area contributed by atoms with Gasteiger partial charge in [-0.1, -0.05) is 72.2 Å². The van der Waals surface area contributed by atoms with Crippen molar-refractivity contribution in [2.24, 2.45) is 56.2 Å². The van der Waals surface area contributed by atoms with Crippen molar-refractivity contribution >= 4 is 35.2 Å². The number of ether oxygens (including phenoxy) is 1. The number of hydrogen-bond donors (Lipinski definition) is 2. The highest BCUT2D eigenvalue weighted by molar-refractivity contribution is 6.30. The molecule has 4 saturated carbocycles. The maximum atomic E-state index is 14.4. The first-order chi connectivity index (χ1) is 23.6. The van der Waals surface area contributed by atoms with E-state index in [1.54, 1.807) is 13.8 Å². The number of allylic oxidation sites excluding steroid dienone is 1. The van der Waals surface area contributed by atoms with Crippen LogP contribution in [0.25, 0.3) is 0 Å². The SMILES string of the molecule is CC(C)C1=C2[C@H]3CCC4C5(C)CCC(OC(=O)CC(C)(C)C(=O)O)C(C)(C)C5CCC4(C)[C@]3(C)CC[C@@]2(C(=O)NCc2ccc(Cl)cc2)CC1=O. The maximum Gasteiger partial charge on any atom is 0.309 e. The molecule has 0 aliphatic heterocycles. The van der Waals surface area contributed by atoms with Gasteiger partial charge in [0.1, 0.15) is 6.10 Å². The van der Waals surface area contributed by atoms with Crippen LogP contribution in [0.15, 0.2) is 35.4 Å². The summed E-state index contributed by atoms with van der Waals surface area (Å²) in [6.07, 6.45) is 7.26. The number of Topliss-reactive ketones (excluding diaryl/α,β-unsaturated/α-hetero) is 1. The van der Waals surface area contributed by atoms with Gasteiger partial charge in [-0.15, -0.1) is 0 Å². The molecule has 0 aromatic heterocycles. The zero-order chi connectivity index (χ0) is 37.5. The summed E-state index contributed by atoms with van der Waals surface area (Å²) in [5.74, 6) is -0.262. The normalized spacial score (nSPS) is 37.2. The Morgan fingerprint density at radius 3 is 2.22 bits per heavy atom. The van der Waals surface area contributed by atoms with Crippen molar-refractivity contribution in [3.63, 3.8) is 0 Å². The maximum absolute atomic E-state index is 14.4. The number of esters is 1. The molecule has 2 N–H and O–H groups in total. The topological polar surface area (TPSA) is 110 Å². The molecule has 5 unspecified atom stereocenters. The van der Waals surface area contributed by atoms with E-state index in [0.29, 0.717) is 29.8 Å². The molecule has 7 nitrogen and oxygen atoms in total. The number of carboxylic acids is 1. The highest BCUT2D eigenvalue weighted by Gasteiger charge is 2.71. The quantitative estimate of drug-likeness (QED) is 0.259. The Morgan fingerprint density at radius 2 is 1.59 bits per heavy atom. The number of carbonyl (C=O) groups is 4. The molecule has 280 valence electrons. The fraction of sp³-hybridized carbons (Fsp3) is 0.721. The van der Waals surface area contributed by atoms with Crippen LogP contribution in [0.5, 0.6) is 0 Å². The number of aliphatic carboxylic acids is 1. The lowest BCUT2D eigenvalue weighted by molar-refractivity contribution is -0.233. The van der Waals surface area contributed by atoms with Gasteiger partial charge in [0.25, 0.3) is 0 Å². The molecule has 5 aliphatic rings. The number of amides is 1. The van der Waals surface area contributed by atoms with Crippen LogP contribution in [0.3, 0.4) is 0 Å². The minimum Gasteiger partial charge on any atom is -0.481 e. The van der Waals surface area contributed by atoms with Crippen LogP contribution in [0.2, 0.25) is 5.02 Å². The standard InChI is InChI=1S/C43H60ClNO6/c1-25(2)34-29(46)22-43(36(48)45-24-26-10-12-27(44)13-11-26)21-20-41(8)28(35(34)43)14-15-31-40(7)18-17-32(51-33(47)23-38(3,4)37(49)50)39(5,6)30(40)16-19-42(31,41)9/h10-13,25,28,30-32H,14-24H2,1-9H3,(H,45,48)(H,49,50)/t28-,30?,31?,32?,40?,41-,42?,43-/m1/s1. The molecular weight excluding hydrogens is 662 g/mol. The molecule has 1 aromatic carbocycles. The number of carbonyl (C=O) groups excluding carboxylic acids is 3. The van der Waals surface area contributed by atoms with Crippen LogP contribution in [-0.4, -0.2) is 34.8 Å². The molecule has 4 fully saturated rings. The minimum atomic E-state index is -1.17. The van der Waals surface area contributed by atoms with E-state index in [-0.39, 0.29) is 64.1 Å². The minimum absolute atomic E-state index is 0.0113. The monoisotopic (exact) mass is 721 g/mol. The van der Waals surface area contributed by atoms with Crippen LogP contribution in [-0.2, 0) is 30.5 Å². The third kappa shape index (κ3) is 5.81. The largest absolute Gasteiger partial charge is 0.481 e. The zero-order valence-corrected chi connectivity index (χ0v) is 33.1. The molecule has 1 aromatic rings. The van der Waals surface area contributed by atoms with Crippen LogP contribution >= 0.6 is 11.6 Å². The third-order valence-corrected chi connectivity index (χ3v) is 15.9. The summed E-state index contributed by atoms with van der Waals surface area (Å²) < 4.78 is 6.15. The lowest BCUT2D eigenvalue weighted by Crippen LogP contribution is -2.66. The van der Waals surface area contributed by atoms with Gasteiger partial charge < -0.3 is 15.2 Å². The van der Waals surface area contributed by atoms with Crippen molar-refractivity contribution in [3.05, 3.63) is 46.0 Å². The Bertz CT molecular complexity index is 1640. The Kier molecular flexibility index (Phi) is 9.50. The van der Waals surface area contributed by atoms with Crippen molar-refractivity contribution in [3.8, 4) is 0 Å². The Labute approximate surface area is 310 Å². The average Bonchev–Trinajstić information content (AvgIpc) is 3.35. The second-order valence-corrected chi connectivity index (χ2v) is 19.7. The van der Waals surface area contributed by atoms with Crippen LogP contribution in [0.1, 0.15) is 132 Å². The number of nitrogens with one attached hydrogen (secondary N) is 1. The summed E-state index contributed by atoms with van der Waals surface area (Å²) in [6, 6.07) is 7.55. The summed E-state index contributed by atoms with van der Waals surface area (Å²) in [5.41, 5.74) is 0.799. The first kappa shape index (κ1) is 38.1. The molecule has 0 bridgehead atoms. The lowest BCUT2D eigenvalue weighted by Gasteiger charge is -2.72. The van der Waals surface area contributed by atoms with Crippen molar-refractivity contribution in [1.29, 1.82) is 0 Å². The summed E-state index contributed by atoms with van der Waals surface area (Å²) in [4.78, 5) is 53.2. The summed E-state index contributed by atoms with van der Waals surface area (Å²) in [6.45, 7) is 19.8. The van der Waals surface area contributed by atoms with Gasteiger partial charge in [0.05, 0.1) is 17.3 Å². The average molecular weight is 722 g/mol. The van der Waals surface area contributed by atoms with E-state index in [0.717, 1.165) is 61.7 Å². The molecular formula is C43H60ClNO6. The summed E-state index contributed by atoms with van der Waals surface area (Å²) in [5, 5.41) is 13.5. The van der Waals surface area contributed by atoms with E-state index in [2.05, 4.69) is 53.8 Å². The molecule has 5 aliphatic carbocycles. The van der Waals surface area contributed by atoms with Gasteiger partial charge >= 0.3 is 11.9 Å². The van der Waals surface area contributed by atoms with Gasteiger partial charge in [-0.3, -0.25) is 19.2 Å². The van der Waals surface area contributed by atoms with Gasteiger partial charge in [-0.2, -0.15) is 0 Å². The molecule has 8 heteroatoms. The number of carboxylic acid groups (broad SMARTS) is 1. The van der Waals surface area contributed by atoms with E-state index in [9.17, 15) is 24.3 Å². The number of ketones is 1. The molecule has 0 radical (unpaired) electrons. The first-order valence-corrected chi connectivity index (χ1v) is 19.8. The smallest absolute Gasteiger partial charge is 0.309 e. The zero-order valence-electron chi connectivity index (χ0n) is 32.3. The number of hydrogen-bond acceptors (Lipinski definition) is 5. The van der Waals surface area contributed by atoms with E-state index in [1.807, 2.05) is 24.3 Å². The predicted molar refractivity (Wildman–Crippen MR) is 199 cm³/mol. The van der Waals surface area contributed by atoms with Gasteiger partial charge in [0.2, 0.25) is 5.91 Å². The Morgan fingerprint density at radius 1 is 0.922 bits per heavy atom. The number of benzene rings is 1. The molecule has 0 heterocycles. The Hall–Kier alpha value is -2.67. The van der Waals surface area contributed by atoms with Crippen molar-refractivity contribution in [1.82, 2.24) is 5.32 Å². The molecule has 0 saturated heterocycles.